The van der Waals surface area contributed by atoms with Gasteiger partial charge >= 0.3 is 5.97 Å². The van der Waals surface area contributed by atoms with Crippen LogP contribution in [0.1, 0.15) is 106 Å². The average molecular weight is 513 g/mol. The lowest BCUT2D eigenvalue weighted by atomic mass is 9.33. The first kappa shape index (κ1) is 27.4. The van der Waals surface area contributed by atoms with Gasteiger partial charge in [-0.25, -0.2) is 0 Å². The number of fused-ring (bicyclic) bond motifs is 7. The molecule has 5 aliphatic rings. The maximum atomic E-state index is 12.6. The zero-order valence-corrected chi connectivity index (χ0v) is 24.5. The van der Waals surface area contributed by atoms with Crippen molar-refractivity contribution in [2.24, 2.45) is 50.2 Å². The molecule has 0 aromatic rings. The summed E-state index contributed by atoms with van der Waals surface area (Å²) in [6.45, 7) is 21.2. The molecule has 4 fully saturated rings. The largest absolute Gasteiger partial charge is 0.481 e. The molecule has 4 heteroatoms. The van der Waals surface area contributed by atoms with Gasteiger partial charge in [-0.05, 0) is 104 Å². The SMILES string of the molecule is C=CCO[C@@H]1CC(C)(C)C[C@H]2C3=CCC4[C@@]5(C)CC[C@H](O)[C@](C)(C(=O)O)C5CC[C@@]4(C)[C@]3(C)CC[C@@]12C. The van der Waals surface area contributed by atoms with Gasteiger partial charge in [0.05, 0.1) is 24.2 Å². The molecule has 0 radical (unpaired) electrons. The average Bonchev–Trinajstić information content (AvgIpc) is 2.81. The summed E-state index contributed by atoms with van der Waals surface area (Å²) in [5.74, 6) is 0.149. The Bertz CT molecular complexity index is 998. The molecule has 0 aromatic carbocycles. The lowest BCUT2D eigenvalue weighted by Gasteiger charge is -2.71. The van der Waals surface area contributed by atoms with Crippen molar-refractivity contribution in [1.82, 2.24) is 0 Å². The molecule has 37 heavy (non-hydrogen) atoms. The Balaban J connectivity index is 1.57. The van der Waals surface area contributed by atoms with Crippen LogP contribution in [0.15, 0.2) is 24.3 Å². The lowest BCUT2D eigenvalue weighted by Crippen LogP contribution is -2.66. The number of allylic oxidation sites excluding steroid dienone is 2. The number of carboxylic acids is 1. The van der Waals surface area contributed by atoms with E-state index in [9.17, 15) is 15.0 Å². The third kappa shape index (κ3) is 3.49. The van der Waals surface area contributed by atoms with Gasteiger partial charge in [0.1, 0.15) is 0 Å². The van der Waals surface area contributed by atoms with E-state index in [4.69, 9.17) is 4.74 Å². The Labute approximate surface area is 225 Å². The molecule has 0 heterocycles. The van der Waals surface area contributed by atoms with Crippen LogP contribution >= 0.6 is 0 Å². The van der Waals surface area contributed by atoms with Gasteiger partial charge in [0.15, 0.2) is 0 Å². The van der Waals surface area contributed by atoms with Gasteiger partial charge in [-0.1, -0.05) is 59.3 Å². The maximum absolute atomic E-state index is 12.6. The van der Waals surface area contributed by atoms with Crippen molar-refractivity contribution in [1.29, 1.82) is 0 Å². The van der Waals surface area contributed by atoms with Gasteiger partial charge in [-0.15, -0.1) is 6.58 Å². The fourth-order valence-corrected chi connectivity index (χ4v) is 11.1. The molecule has 0 aromatic heterocycles. The Morgan fingerprint density at radius 3 is 2.35 bits per heavy atom. The number of carbonyl (C=O) groups is 1. The van der Waals surface area contributed by atoms with Crippen LogP contribution in [0, 0.1) is 50.2 Å². The van der Waals surface area contributed by atoms with E-state index in [1.54, 1.807) is 5.57 Å². The topological polar surface area (TPSA) is 66.8 Å². The summed E-state index contributed by atoms with van der Waals surface area (Å²) in [5.41, 5.74) is 1.16. The quantitative estimate of drug-likeness (QED) is 0.385. The summed E-state index contributed by atoms with van der Waals surface area (Å²) in [6.07, 6.45) is 13.2. The summed E-state index contributed by atoms with van der Waals surface area (Å²) < 4.78 is 6.50. The predicted molar refractivity (Wildman–Crippen MR) is 148 cm³/mol. The van der Waals surface area contributed by atoms with Crippen molar-refractivity contribution in [3.8, 4) is 0 Å². The van der Waals surface area contributed by atoms with Crippen molar-refractivity contribution in [3.05, 3.63) is 24.3 Å². The van der Waals surface area contributed by atoms with E-state index < -0.39 is 17.5 Å². The molecule has 5 rings (SSSR count). The van der Waals surface area contributed by atoms with Crippen molar-refractivity contribution >= 4 is 5.97 Å². The highest BCUT2D eigenvalue weighted by Gasteiger charge is 2.70. The zero-order valence-electron chi connectivity index (χ0n) is 24.5. The number of aliphatic hydroxyl groups excluding tert-OH is 1. The molecule has 0 aliphatic heterocycles. The second-order valence-electron chi connectivity index (χ2n) is 15.7. The van der Waals surface area contributed by atoms with Crippen molar-refractivity contribution in [3.63, 3.8) is 0 Å². The zero-order chi connectivity index (χ0) is 27.2. The number of hydrogen-bond acceptors (Lipinski definition) is 3. The number of carboxylic acid groups (broad SMARTS) is 1. The molecule has 208 valence electrons. The molecule has 4 nitrogen and oxygen atoms in total. The van der Waals surface area contributed by atoms with Crippen LogP contribution in [-0.2, 0) is 9.53 Å². The second-order valence-corrected chi connectivity index (χ2v) is 15.7. The minimum atomic E-state index is -1.06. The van der Waals surface area contributed by atoms with Crippen LogP contribution in [0.3, 0.4) is 0 Å². The van der Waals surface area contributed by atoms with E-state index in [0.717, 1.165) is 32.1 Å². The second kappa shape index (κ2) is 8.43. The highest BCUT2D eigenvalue weighted by molar-refractivity contribution is 5.76. The Morgan fingerprint density at radius 1 is 1.00 bits per heavy atom. The highest BCUT2D eigenvalue weighted by atomic mass is 16.5. The van der Waals surface area contributed by atoms with E-state index in [0.29, 0.717) is 24.9 Å². The minimum Gasteiger partial charge on any atom is -0.481 e. The first-order valence-electron chi connectivity index (χ1n) is 14.9. The number of aliphatic carboxylic acids is 1. The smallest absolute Gasteiger partial charge is 0.312 e. The summed E-state index contributed by atoms with van der Waals surface area (Å²) in [4.78, 5) is 12.6. The van der Waals surface area contributed by atoms with Crippen LogP contribution in [0.25, 0.3) is 0 Å². The normalized spacial score (nSPS) is 52.5. The number of ether oxygens (including phenoxy) is 1. The summed E-state index contributed by atoms with van der Waals surface area (Å²) in [7, 11) is 0. The molecule has 5 aliphatic carbocycles. The summed E-state index contributed by atoms with van der Waals surface area (Å²) in [6, 6.07) is 0. The molecular formula is C33H52O4. The molecule has 0 bridgehead atoms. The Morgan fingerprint density at radius 2 is 1.70 bits per heavy atom. The lowest BCUT2D eigenvalue weighted by molar-refractivity contribution is -0.220. The molecule has 2 N–H and O–H groups in total. The molecule has 10 atom stereocenters. The van der Waals surface area contributed by atoms with Gasteiger partial charge in [-0.2, -0.15) is 0 Å². The molecule has 0 amide bonds. The van der Waals surface area contributed by atoms with Crippen LogP contribution < -0.4 is 0 Å². The number of hydrogen-bond donors (Lipinski definition) is 2. The van der Waals surface area contributed by atoms with Crippen LogP contribution in [0.2, 0.25) is 0 Å². The third-order valence-corrected chi connectivity index (χ3v) is 13.6. The first-order valence-corrected chi connectivity index (χ1v) is 14.9. The maximum Gasteiger partial charge on any atom is 0.312 e. The van der Waals surface area contributed by atoms with Gasteiger partial charge in [0, 0.05) is 5.41 Å². The van der Waals surface area contributed by atoms with E-state index in [2.05, 4.69) is 54.2 Å². The van der Waals surface area contributed by atoms with Gasteiger partial charge in [0.25, 0.3) is 0 Å². The molecule has 2 unspecified atom stereocenters. The monoisotopic (exact) mass is 512 g/mol. The van der Waals surface area contributed by atoms with Crippen LogP contribution in [-0.4, -0.2) is 35.0 Å². The minimum absolute atomic E-state index is 0.0111. The Kier molecular flexibility index (Phi) is 6.25. The van der Waals surface area contributed by atoms with E-state index >= 15 is 0 Å². The number of aliphatic hydroxyl groups is 1. The van der Waals surface area contributed by atoms with E-state index in [1.165, 1.54) is 19.3 Å². The van der Waals surface area contributed by atoms with Crippen molar-refractivity contribution in [2.75, 3.05) is 6.61 Å². The molecule has 4 saturated carbocycles. The molecule has 0 spiro atoms. The summed E-state index contributed by atoms with van der Waals surface area (Å²) in [5, 5.41) is 21.3. The standard InChI is InChI=1S/C33H52O4/c1-9-18-37-26-20-28(2,3)19-22-21-10-11-23-30(5)14-13-25(34)33(8,27(35)36)24(30)12-15-32(23,7)31(21,6)17-16-29(22,26)4/h9-10,22-26,34H,1,11-20H2,2-8H3,(H,35,36)/t22-,23?,24?,25-,26+,29+,30+,31+,32+,33+/m0/s1. The third-order valence-electron chi connectivity index (χ3n) is 13.6. The van der Waals surface area contributed by atoms with Gasteiger partial charge in [-0.3, -0.25) is 4.79 Å². The van der Waals surface area contributed by atoms with Crippen molar-refractivity contribution in [2.45, 2.75) is 118 Å². The molecule has 0 saturated heterocycles. The van der Waals surface area contributed by atoms with E-state index in [1.807, 2.05) is 13.0 Å². The summed E-state index contributed by atoms with van der Waals surface area (Å²) >= 11 is 0. The highest BCUT2D eigenvalue weighted by Crippen LogP contribution is 2.75. The van der Waals surface area contributed by atoms with Gasteiger partial charge < -0.3 is 14.9 Å². The van der Waals surface area contributed by atoms with Crippen LogP contribution in [0.4, 0.5) is 0 Å². The van der Waals surface area contributed by atoms with E-state index in [-0.39, 0.29) is 39.1 Å². The first-order chi connectivity index (χ1) is 17.1. The van der Waals surface area contributed by atoms with Crippen LogP contribution in [0.5, 0.6) is 0 Å². The Hall–Kier alpha value is -1.13. The van der Waals surface area contributed by atoms with Crippen molar-refractivity contribution < 1.29 is 19.7 Å². The number of rotatable bonds is 4. The predicted octanol–water partition coefficient (Wildman–Crippen LogP) is 7.41. The molecular weight excluding hydrogens is 460 g/mol. The fourth-order valence-electron chi connectivity index (χ4n) is 11.1. The van der Waals surface area contributed by atoms with Gasteiger partial charge in [0.2, 0.25) is 0 Å². The fraction of sp³-hybridized carbons (Fsp3) is 0.848.